The molecular weight excluding hydrogens is 176 g/mol. The Balaban J connectivity index is 4.34. The lowest BCUT2D eigenvalue weighted by molar-refractivity contribution is -0.162. The van der Waals surface area contributed by atoms with Crippen LogP contribution in [0.15, 0.2) is 0 Å². The van der Waals surface area contributed by atoms with Gasteiger partial charge in [-0.3, -0.25) is 4.79 Å². The molecule has 0 saturated heterocycles. The van der Waals surface area contributed by atoms with Crippen molar-refractivity contribution in [1.82, 2.24) is 0 Å². The van der Waals surface area contributed by atoms with E-state index >= 15 is 0 Å². The summed E-state index contributed by atoms with van der Waals surface area (Å²) in [4.78, 5) is 20.2. The maximum Gasteiger partial charge on any atom is 0.337 e. The molecular formula is C5H7ClO5. The Hall–Kier alpha value is -0.810. The van der Waals surface area contributed by atoms with Gasteiger partial charge < -0.3 is 15.3 Å². The van der Waals surface area contributed by atoms with E-state index in [1.165, 1.54) is 0 Å². The second kappa shape index (κ2) is 3.54. The highest BCUT2D eigenvalue weighted by Gasteiger charge is 2.37. The van der Waals surface area contributed by atoms with E-state index in [0.717, 1.165) is 0 Å². The molecule has 0 saturated carbocycles. The molecule has 0 radical (unpaired) electrons. The summed E-state index contributed by atoms with van der Waals surface area (Å²) >= 11 is 5.05. The lowest BCUT2D eigenvalue weighted by atomic mass is 10.0. The van der Waals surface area contributed by atoms with Gasteiger partial charge in [-0.25, -0.2) is 4.79 Å². The first-order valence-corrected chi connectivity index (χ1v) is 3.19. The van der Waals surface area contributed by atoms with Crippen LogP contribution in [0, 0.1) is 0 Å². The SMILES string of the molecule is O=C(O)C[C@@](O)(CCl)C(=O)O. The largest absolute Gasteiger partial charge is 0.481 e. The third-order valence-corrected chi connectivity index (χ3v) is 1.50. The van der Waals surface area contributed by atoms with Gasteiger partial charge in [0.1, 0.15) is 0 Å². The highest BCUT2D eigenvalue weighted by atomic mass is 35.5. The van der Waals surface area contributed by atoms with E-state index in [9.17, 15) is 9.59 Å². The van der Waals surface area contributed by atoms with Crippen LogP contribution in [0.5, 0.6) is 0 Å². The van der Waals surface area contributed by atoms with E-state index in [4.69, 9.17) is 26.9 Å². The average Bonchev–Trinajstić information content (AvgIpc) is 1.86. The zero-order chi connectivity index (χ0) is 9.07. The normalized spacial score (nSPS) is 15.5. The first kappa shape index (κ1) is 10.2. The second-order valence-electron chi connectivity index (χ2n) is 2.04. The summed E-state index contributed by atoms with van der Waals surface area (Å²) < 4.78 is 0. The quantitative estimate of drug-likeness (QED) is 0.511. The zero-order valence-corrected chi connectivity index (χ0v) is 6.21. The third kappa shape index (κ3) is 2.73. The monoisotopic (exact) mass is 182 g/mol. The summed E-state index contributed by atoms with van der Waals surface area (Å²) in [5, 5.41) is 25.4. The van der Waals surface area contributed by atoms with E-state index < -0.39 is 29.8 Å². The number of aliphatic hydroxyl groups is 1. The van der Waals surface area contributed by atoms with Gasteiger partial charge in [-0.05, 0) is 0 Å². The van der Waals surface area contributed by atoms with Crippen LogP contribution in [0.25, 0.3) is 0 Å². The Morgan fingerprint density at radius 3 is 1.91 bits per heavy atom. The maximum absolute atomic E-state index is 10.2. The minimum atomic E-state index is -2.35. The number of hydrogen-bond acceptors (Lipinski definition) is 3. The van der Waals surface area contributed by atoms with Crippen molar-refractivity contribution in [2.24, 2.45) is 0 Å². The van der Waals surface area contributed by atoms with Crippen molar-refractivity contribution in [3.63, 3.8) is 0 Å². The van der Waals surface area contributed by atoms with Crippen LogP contribution in [0.3, 0.4) is 0 Å². The molecule has 0 amide bonds. The van der Waals surface area contributed by atoms with Crippen molar-refractivity contribution < 1.29 is 24.9 Å². The summed E-state index contributed by atoms with van der Waals surface area (Å²) in [6.07, 6.45) is -0.897. The number of hydrogen-bond donors (Lipinski definition) is 3. The number of halogens is 1. The summed E-state index contributed by atoms with van der Waals surface area (Å²) in [6.45, 7) is 0. The Morgan fingerprint density at radius 1 is 1.36 bits per heavy atom. The fourth-order valence-electron chi connectivity index (χ4n) is 0.430. The number of alkyl halides is 1. The molecule has 0 aromatic rings. The van der Waals surface area contributed by atoms with E-state index in [1.807, 2.05) is 0 Å². The highest BCUT2D eigenvalue weighted by Crippen LogP contribution is 2.12. The molecule has 3 N–H and O–H groups in total. The number of carboxylic acids is 2. The minimum absolute atomic E-state index is 0.644. The van der Waals surface area contributed by atoms with Crippen molar-refractivity contribution in [2.75, 3.05) is 5.88 Å². The van der Waals surface area contributed by atoms with E-state index in [0.29, 0.717) is 0 Å². The summed E-state index contributed by atoms with van der Waals surface area (Å²) in [5.74, 6) is -3.68. The van der Waals surface area contributed by atoms with Crippen LogP contribution in [0.1, 0.15) is 6.42 Å². The Kier molecular flexibility index (Phi) is 3.28. The molecule has 1 atom stereocenters. The topological polar surface area (TPSA) is 94.8 Å². The van der Waals surface area contributed by atoms with Gasteiger partial charge in [0.05, 0.1) is 12.3 Å². The molecule has 5 nitrogen and oxygen atoms in total. The molecule has 0 aromatic carbocycles. The molecule has 0 aliphatic heterocycles. The fourth-order valence-corrected chi connectivity index (χ4v) is 0.639. The van der Waals surface area contributed by atoms with Crippen molar-refractivity contribution in [2.45, 2.75) is 12.0 Å². The maximum atomic E-state index is 10.2. The van der Waals surface area contributed by atoms with Gasteiger partial charge in [-0.15, -0.1) is 11.6 Å². The molecule has 0 rings (SSSR count). The van der Waals surface area contributed by atoms with E-state index in [1.54, 1.807) is 0 Å². The number of carbonyl (C=O) groups is 2. The van der Waals surface area contributed by atoms with Crippen molar-refractivity contribution in [3.05, 3.63) is 0 Å². The Labute approximate surface area is 67.2 Å². The van der Waals surface area contributed by atoms with Gasteiger partial charge in [0.2, 0.25) is 0 Å². The molecule has 64 valence electrons. The Morgan fingerprint density at radius 2 is 1.82 bits per heavy atom. The van der Waals surface area contributed by atoms with Gasteiger partial charge >= 0.3 is 11.9 Å². The summed E-state index contributed by atoms with van der Waals surface area (Å²) in [5.41, 5.74) is -2.35. The smallest absolute Gasteiger partial charge is 0.337 e. The summed E-state index contributed by atoms with van der Waals surface area (Å²) in [6, 6.07) is 0. The van der Waals surface area contributed by atoms with Gasteiger partial charge in [-0.2, -0.15) is 0 Å². The number of rotatable bonds is 4. The lowest BCUT2D eigenvalue weighted by Gasteiger charge is -2.16. The predicted octanol–water partition coefficient (Wildman–Crippen LogP) is -0.484. The molecule has 0 unspecified atom stereocenters. The van der Waals surface area contributed by atoms with Gasteiger partial charge in [-0.1, -0.05) is 0 Å². The molecule has 6 heteroatoms. The van der Waals surface area contributed by atoms with Crippen LogP contribution >= 0.6 is 11.6 Å². The number of aliphatic carboxylic acids is 2. The first-order valence-electron chi connectivity index (χ1n) is 2.66. The van der Waals surface area contributed by atoms with Gasteiger partial charge in [0.25, 0.3) is 0 Å². The standard InChI is InChI=1S/C5H7ClO5/c6-2-5(11,4(9)10)1-3(7)8/h11H,1-2H2,(H,7,8)(H,9,10)/t5-/m1/s1. The van der Waals surface area contributed by atoms with Gasteiger partial charge in [0, 0.05) is 0 Å². The van der Waals surface area contributed by atoms with E-state index in [-0.39, 0.29) is 0 Å². The van der Waals surface area contributed by atoms with Crippen LogP contribution in [-0.2, 0) is 9.59 Å². The summed E-state index contributed by atoms with van der Waals surface area (Å²) in [7, 11) is 0. The highest BCUT2D eigenvalue weighted by molar-refractivity contribution is 6.20. The predicted molar refractivity (Wildman–Crippen MR) is 35.6 cm³/mol. The molecule has 0 aliphatic rings. The lowest BCUT2D eigenvalue weighted by Crippen LogP contribution is -2.42. The van der Waals surface area contributed by atoms with Crippen LogP contribution in [-0.4, -0.2) is 38.7 Å². The molecule has 0 heterocycles. The zero-order valence-electron chi connectivity index (χ0n) is 5.45. The molecule has 0 spiro atoms. The molecule has 0 aromatic heterocycles. The van der Waals surface area contributed by atoms with Crippen LogP contribution in [0.4, 0.5) is 0 Å². The molecule has 11 heavy (non-hydrogen) atoms. The first-order chi connectivity index (χ1) is 4.92. The van der Waals surface area contributed by atoms with Crippen molar-refractivity contribution >= 4 is 23.5 Å². The van der Waals surface area contributed by atoms with Crippen LogP contribution in [0.2, 0.25) is 0 Å². The number of carboxylic acid groups (broad SMARTS) is 2. The average molecular weight is 183 g/mol. The van der Waals surface area contributed by atoms with Crippen molar-refractivity contribution in [3.8, 4) is 0 Å². The second-order valence-corrected chi connectivity index (χ2v) is 2.31. The van der Waals surface area contributed by atoms with Crippen molar-refractivity contribution in [1.29, 1.82) is 0 Å². The fraction of sp³-hybridized carbons (Fsp3) is 0.600. The van der Waals surface area contributed by atoms with Gasteiger partial charge in [0.15, 0.2) is 5.60 Å². The van der Waals surface area contributed by atoms with E-state index in [2.05, 4.69) is 0 Å². The molecule has 0 aliphatic carbocycles. The molecule has 0 fully saturated rings. The molecule has 0 bridgehead atoms. The third-order valence-electron chi connectivity index (χ3n) is 1.06. The van der Waals surface area contributed by atoms with Crippen LogP contribution < -0.4 is 0 Å². The Bertz CT molecular complexity index is 180. The minimum Gasteiger partial charge on any atom is -0.481 e.